The minimum Gasteiger partial charge on any atom is -0.283 e. The summed E-state index contributed by atoms with van der Waals surface area (Å²) in [6.45, 7) is 2.11. The largest absolute Gasteiger partial charge is 0.401 e. The van der Waals surface area contributed by atoms with Crippen LogP contribution in [0.15, 0.2) is 48.8 Å². The van der Waals surface area contributed by atoms with Crippen molar-refractivity contribution in [3.63, 3.8) is 0 Å². The van der Waals surface area contributed by atoms with Gasteiger partial charge in [0, 0.05) is 13.1 Å². The molecule has 4 nitrogen and oxygen atoms in total. The van der Waals surface area contributed by atoms with Crippen molar-refractivity contribution in [3.8, 4) is 5.95 Å². The number of piperidine rings is 1. The van der Waals surface area contributed by atoms with Gasteiger partial charge in [0.25, 0.3) is 0 Å². The van der Waals surface area contributed by atoms with Crippen LogP contribution < -0.4 is 4.57 Å². The highest BCUT2D eigenvalue weighted by atomic mass is 32.2. The van der Waals surface area contributed by atoms with Crippen molar-refractivity contribution in [2.45, 2.75) is 23.5 Å². The number of pyridine rings is 1. The molecule has 1 fully saturated rings. The molecule has 0 amide bonds. The van der Waals surface area contributed by atoms with Crippen LogP contribution in [0.5, 0.6) is 0 Å². The maximum atomic E-state index is 4.64. The molecule has 0 bridgehead atoms. The minimum atomic E-state index is 0.0527. The standard InChI is InChI=1S/C18H20N4S2/c23-18(24)22-11-7-14(8-12-22)13-5-9-21(10-6-13)17-19-15-3-1-2-4-16(15)20-17/h1-6,9-10,14,18H,7-8,11-12H2,(H2-,19,20,23,24)/p+1. The number of hydrogen-bond acceptors (Lipinski definition) is 4. The van der Waals surface area contributed by atoms with Gasteiger partial charge in [0.1, 0.15) is 5.52 Å². The van der Waals surface area contributed by atoms with Crippen molar-refractivity contribution in [3.05, 3.63) is 54.4 Å². The first-order valence-electron chi connectivity index (χ1n) is 8.27. The Bertz CT molecular complexity index is 787. The molecule has 2 aromatic heterocycles. The van der Waals surface area contributed by atoms with Gasteiger partial charge in [0.05, 0.1) is 17.1 Å². The second kappa shape index (κ2) is 6.78. The first-order valence-corrected chi connectivity index (χ1v) is 9.30. The fourth-order valence-corrected chi connectivity index (χ4v) is 3.84. The number of rotatable bonds is 3. The maximum Gasteiger partial charge on any atom is 0.401 e. The van der Waals surface area contributed by atoms with Crippen molar-refractivity contribution < 1.29 is 4.57 Å². The average Bonchev–Trinajstić information content (AvgIpc) is 3.06. The first kappa shape index (κ1) is 16.0. The van der Waals surface area contributed by atoms with E-state index in [1.165, 1.54) is 5.56 Å². The van der Waals surface area contributed by atoms with E-state index in [9.17, 15) is 0 Å². The van der Waals surface area contributed by atoms with Gasteiger partial charge in [-0.15, -0.1) is 25.3 Å². The number of thiol groups is 2. The number of hydrogen-bond donors (Lipinski definition) is 3. The molecular weight excluding hydrogens is 336 g/mol. The molecule has 1 aliphatic heterocycles. The number of aromatic nitrogens is 3. The lowest BCUT2D eigenvalue weighted by Crippen LogP contribution is -2.36. The normalized spacial score (nSPS) is 17.0. The molecule has 3 aromatic rings. The maximum absolute atomic E-state index is 4.64. The van der Waals surface area contributed by atoms with Crippen molar-refractivity contribution in [1.82, 2.24) is 14.9 Å². The van der Waals surface area contributed by atoms with E-state index >= 15 is 0 Å². The number of aromatic amines is 1. The van der Waals surface area contributed by atoms with Gasteiger partial charge in [-0.05, 0) is 48.6 Å². The van der Waals surface area contributed by atoms with Crippen LogP contribution in [-0.4, -0.2) is 32.7 Å². The number of imidazole rings is 1. The quantitative estimate of drug-likeness (QED) is 0.383. The third kappa shape index (κ3) is 3.18. The zero-order valence-corrected chi connectivity index (χ0v) is 15.1. The molecule has 1 aromatic carbocycles. The van der Waals surface area contributed by atoms with Gasteiger partial charge in [-0.25, -0.2) is 9.55 Å². The third-order valence-electron chi connectivity index (χ3n) is 4.80. The molecule has 6 heteroatoms. The van der Waals surface area contributed by atoms with Crippen LogP contribution in [0.2, 0.25) is 0 Å². The summed E-state index contributed by atoms with van der Waals surface area (Å²) in [7, 11) is 0. The van der Waals surface area contributed by atoms with Gasteiger partial charge < -0.3 is 0 Å². The van der Waals surface area contributed by atoms with E-state index in [-0.39, 0.29) is 4.71 Å². The highest BCUT2D eigenvalue weighted by Gasteiger charge is 2.23. The lowest BCUT2D eigenvalue weighted by Gasteiger charge is -2.33. The molecule has 1 N–H and O–H groups in total. The van der Waals surface area contributed by atoms with Crippen LogP contribution in [0, 0.1) is 0 Å². The minimum absolute atomic E-state index is 0.0527. The first-order chi connectivity index (χ1) is 11.7. The van der Waals surface area contributed by atoms with Gasteiger partial charge in [-0.2, -0.15) is 0 Å². The topological polar surface area (TPSA) is 35.8 Å². The predicted molar refractivity (Wildman–Crippen MR) is 103 cm³/mol. The molecule has 0 spiro atoms. The van der Waals surface area contributed by atoms with E-state index in [1.807, 2.05) is 28.8 Å². The van der Waals surface area contributed by atoms with Crippen LogP contribution in [0.3, 0.4) is 0 Å². The summed E-state index contributed by atoms with van der Waals surface area (Å²) in [5, 5.41) is 0. The Balaban J connectivity index is 1.51. The zero-order chi connectivity index (χ0) is 16.5. The fourth-order valence-electron chi connectivity index (χ4n) is 3.38. The van der Waals surface area contributed by atoms with E-state index in [1.54, 1.807) is 0 Å². The Hall–Kier alpha value is -1.50. The zero-order valence-electron chi connectivity index (χ0n) is 13.3. The highest BCUT2D eigenvalue weighted by molar-refractivity contribution is 7.99. The lowest BCUT2D eigenvalue weighted by atomic mass is 9.90. The van der Waals surface area contributed by atoms with Crippen LogP contribution in [0.1, 0.15) is 24.3 Å². The van der Waals surface area contributed by atoms with Gasteiger partial charge in [0.2, 0.25) is 0 Å². The fraction of sp³-hybridized carbons (Fsp3) is 0.333. The Morgan fingerprint density at radius 3 is 2.46 bits per heavy atom. The Morgan fingerprint density at radius 1 is 1.08 bits per heavy atom. The molecule has 0 aliphatic carbocycles. The number of benzene rings is 1. The van der Waals surface area contributed by atoms with E-state index in [0.29, 0.717) is 5.92 Å². The van der Waals surface area contributed by atoms with Crippen LogP contribution in [-0.2, 0) is 0 Å². The van der Waals surface area contributed by atoms with Crippen LogP contribution in [0.4, 0.5) is 0 Å². The second-order valence-corrected chi connectivity index (χ2v) is 7.66. The Morgan fingerprint density at radius 2 is 1.79 bits per heavy atom. The molecule has 124 valence electrons. The van der Waals surface area contributed by atoms with E-state index in [2.05, 4.69) is 64.7 Å². The molecule has 0 saturated carbocycles. The van der Waals surface area contributed by atoms with Crippen molar-refractivity contribution >= 4 is 36.3 Å². The third-order valence-corrected chi connectivity index (χ3v) is 5.46. The number of nitrogens with zero attached hydrogens (tertiary/aromatic N) is 3. The molecule has 0 unspecified atom stereocenters. The second-order valence-electron chi connectivity index (χ2n) is 6.27. The Kier molecular flexibility index (Phi) is 4.52. The number of para-hydroxylation sites is 2. The van der Waals surface area contributed by atoms with E-state index in [0.717, 1.165) is 42.9 Å². The summed E-state index contributed by atoms with van der Waals surface area (Å²) in [6, 6.07) is 12.5. The summed E-state index contributed by atoms with van der Waals surface area (Å²) in [6.07, 6.45) is 6.51. The number of likely N-dealkylation sites (tertiary alicyclic amines) is 1. The van der Waals surface area contributed by atoms with E-state index < -0.39 is 0 Å². The molecule has 24 heavy (non-hydrogen) atoms. The molecule has 1 saturated heterocycles. The molecule has 0 atom stereocenters. The molecular formula is C18H21N4S2+. The van der Waals surface area contributed by atoms with Crippen molar-refractivity contribution in [2.24, 2.45) is 0 Å². The summed E-state index contributed by atoms with van der Waals surface area (Å²) >= 11 is 8.82. The molecule has 0 radical (unpaired) electrons. The summed E-state index contributed by atoms with van der Waals surface area (Å²) in [4.78, 5) is 10.3. The lowest BCUT2D eigenvalue weighted by molar-refractivity contribution is -0.603. The monoisotopic (exact) mass is 357 g/mol. The molecule has 4 rings (SSSR count). The summed E-state index contributed by atoms with van der Waals surface area (Å²) in [5.74, 6) is 1.47. The highest BCUT2D eigenvalue weighted by Crippen LogP contribution is 2.29. The van der Waals surface area contributed by atoms with Gasteiger partial charge in [0.15, 0.2) is 5.52 Å². The average molecular weight is 358 g/mol. The number of fused-ring (bicyclic) bond motifs is 1. The smallest absolute Gasteiger partial charge is 0.283 e. The predicted octanol–water partition coefficient (Wildman–Crippen LogP) is 3.16. The summed E-state index contributed by atoms with van der Waals surface area (Å²) < 4.78 is 2.09. The van der Waals surface area contributed by atoms with Crippen LogP contribution >= 0.6 is 25.3 Å². The van der Waals surface area contributed by atoms with E-state index in [4.69, 9.17) is 0 Å². The van der Waals surface area contributed by atoms with Gasteiger partial charge >= 0.3 is 5.95 Å². The SMILES string of the molecule is SC(S)N1CCC(c2cc[n+](-c3nc4ccccc4[nH]3)cc2)CC1. The van der Waals surface area contributed by atoms with Crippen LogP contribution in [0.25, 0.3) is 17.0 Å². The molecule has 1 aliphatic rings. The molecule has 3 heterocycles. The number of nitrogens with one attached hydrogen (secondary N) is 1. The Labute approximate surface area is 152 Å². The number of H-pyrrole nitrogens is 1. The van der Waals surface area contributed by atoms with Gasteiger partial charge in [-0.1, -0.05) is 17.1 Å². The van der Waals surface area contributed by atoms with Gasteiger partial charge in [-0.3, -0.25) is 4.90 Å². The van der Waals surface area contributed by atoms with Crippen molar-refractivity contribution in [2.75, 3.05) is 13.1 Å². The van der Waals surface area contributed by atoms with Crippen molar-refractivity contribution in [1.29, 1.82) is 0 Å². The summed E-state index contributed by atoms with van der Waals surface area (Å²) in [5.41, 5.74) is 3.45.